The van der Waals surface area contributed by atoms with Crippen LogP contribution in [-0.2, 0) is 16.1 Å². The quantitative estimate of drug-likeness (QED) is 0.388. The molecule has 0 aliphatic heterocycles. The lowest BCUT2D eigenvalue weighted by Crippen LogP contribution is -2.12. The van der Waals surface area contributed by atoms with Crippen LogP contribution in [0.3, 0.4) is 0 Å². The summed E-state index contributed by atoms with van der Waals surface area (Å²) in [6, 6.07) is 11.7. The normalized spacial score (nSPS) is 11.1. The summed E-state index contributed by atoms with van der Waals surface area (Å²) in [5, 5.41) is 4.57. The molecule has 0 saturated carbocycles. The number of hydrogen-bond acceptors (Lipinski definition) is 4. The second-order valence-corrected chi connectivity index (χ2v) is 6.68. The Morgan fingerprint density at radius 3 is 2.57 bits per heavy atom. The van der Waals surface area contributed by atoms with E-state index in [1.165, 1.54) is 11.6 Å². The van der Waals surface area contributed by atoms with E-state index >= 15 is 0 Å². The van der Waals surface area contributed by atoms with E-state index in [1.54, 1.807) is 24.4 Å². The first-order valence-corrected chi connectivity index (χ1v) is 9.05. The molecular weight excluding hydrogens is 354 g/mol. The number of benzene rings is 1. The molecule has 6 nitrogen and oxygen atoms in total. The van der Waals surface area contributed by atoms with Crippen molar-refractivity contribution in [2.75, 3.05) is 6.61 Å². The number of esters is 1. The molecule has 0 radical (unpaired) electrons. The monoisotopic (exact) mass is 377 g/mol. The predicted octanol–water partition coefficient (Wildman–Crippen LogP) is 3.62. The number of aryl methyl sites for hydroxylation is 2. The molecule has 0 atom stereocenters. The molecule has 0 fully saturated rings. The minimum Gasteiger partial charge on any atom is -0.454 e. The number of carbonyl (C=O) groups excluding carboxylic acids is 2. The number of H-pyrrole nitrogens is 1. The van der Waals surface area contributed by atoms with Crippen LogP contribution in [0.1, 0.15) is 38.6 Å². The van der Waals surface area contributed by atoms with Crippen LogP contribution >= 0.6 is 0 Å². The maximum Gasteiger partial charge on any atom is 0.331 e. The van der Waals surface area contributed by atoms with Gasteiger partial charge in [-0.3, -0.25) is 9.48 Å². The topological polar surface area (TPSA) is 77.0 Å². The lowest BCUT2D eigenvalue weighted by atomic mass is 10.1. The van der Waals surface area contributed by atoms with Crippen LogP contribution in [0.2, 0.25) is 0 Å². The molecule has 0 spiro atoms. The van der Waals surface area contributed by atoms with Gasteiger partial charge in [-0.25, -0.2) is 4.79 Å². The standard InChI is InChI=1S/C22H23N3O3/c1-15-6-8-18(9-7-15)13-25-17(3)19(16(2)24-25)10-11-22(27)28-14-21(26)20-5-4-12-23-20/h4-12,23H,13-14H2,1-3H3/b11-10+. The van der Waals surface area contributed by atoms with E-state index in [-0.39, 0.29) is 12.4 Å². The lowest BCUT2D eigenvalue weighted by Gasteiger charge is -2.05. The summed E-state index contributed by atoms with van der Waals surface area (Å²) in [4.78, 5) is 26.6. The highest BCUT2D eigenvalue weighted by molar-refractivity contribution is 5.97. The van der Waals surface area contributed by atoms with Crippen molar-refractivity contribution in [1.29, 1.82) is 0 Å². The van der Waals surface area contributed by atoms with Crippen LogP contribution in [0, 0.1) is 20.8 Å². The summed E-state index contributed by atoms with van der Waals surface area (Å²) in [5.74, 6) is -0.838. The fourth-order valence-electron chi connectivity index (χ4n) is 2.89. The van der Waals surface area contributed by atoms with E-state index in [0.717, 1.165) is 22.5 Å². The minimum atomic E-state index is -0.565. The molecule has 0 amide bonds. The van der Waals surface area contributed by atoms with Crippen LogP contribution in [0.5, 0.6) is 0 Å². The average Bonchev–Trinajstić information content (AvgIpc) is 3.30. The van der Waals surface area contributed by atoms with Gasteiger partial charge in [-0.15, -0.1) is 0 Å². The smallest absolute Gasteiger partial charge is 0.331 e. The van der Waals surface area contributed by atoms with Gasteiger partial charge in [0.15, 0.2) is 6.61 Å². The Hall–Kier alpha value is -3.41. The Morgan fingerprint density at radius 1 is 1.14 bits per heavy atom. The van der Waals surface area contributed by atoms with Gasteiger partial charge in [-0.2, -0.15) is 5.10 Å². The van der Waals surface area contributed by atoms with Gasteiger partial charge in [0.05, 0.1) is 17.9 Å². The van der Waals surface area contributed by atoms with E-state index in [4.69, 9.17) is 4.74 Å². The molecule has 6 heteroatoms. The number of ether oxygens (including phenoxy) is 1. The van der Waals surface area contributed by atoms with Crippen LogP contribution in [0.25, 0.3) is 6.08 Å². The third-order valence-electron chi connectivity index (χ3n) is 4.52. The van der Waals surface area contributed by atoms with Gasteiger partial charge in [-0.1, -0.05) is 29.8 Å². The molecule has 0 saturated heterocycles. The number of rotatable bonds is 7. The van der Waals surface area contributed by atoms with E-state index in [1.807, 2.05) is 18.5 Å². The number of nitrogens with one attached hydrogen (secondary N) is 1. The van der Waals surface area contributed by atoms with Gasteiger partial charge in [0.2, 0.25) is 5.78 Å². The third-order valence-corrected chi connectivity index (χ3v) is 4.52. The van der Waals surface area contributed by atoms with Crippen LogP contribution < -0.4 is 0 Å². The van der Waals surface area contributed by atoms with E-state index < -0.39 is 5.97 Å². The molecule has 28 heavy (non-hydrogen) atoms. The highest BCUT2D eigenvalue weighted by Gasteiger charge is 2.11. The van der Waals surface area contributed by atoms with Gasteiger partial charge < -0.3 is 9.72 Å². The Morgan fingerprint density at radius 2 is 1.89 bits per heavy atom. The molecule has 3 rings (SSSR count). The largest absolute Gasteiger partial charge is 0.454 e. The van der Waals surface area contributed by atoms with Gasteiger partial charge in [0, 0.05) is 23.5 Å². The predicted molar refractivity (Wildman–Crippen MR) is 107 cm³/mol. The minimum absolute atomic E-state index is 0.273. The zero-order valence-electron chi connectivity index (χ0n) is 16.2. The molecule has 144 valence electrons. The average molecular weight is 377 g/mol. The number of aromatic nitrogens is 3. The van der Waals surface area contributed by atoms with Gasteiger partial charge in [0.1, 0.15) is 0 Å². The molecular formula is C22H23N3O3. The Kier molecular flexibility index (Phi) is 5.89. The fraction of sp³-hybridized carbons (Fsp3) is 0.227. The number of nitrogens with zero attached hydrogens (tertiary/aromatic N) is 2. The van der Waals surface area contributed by atoms with Gasteiger partial charge in [-0.05, 0) is 44.5 Å². The zero-order valence-corrected chi connectivity index (χ0v) is 16.2. The van der Waals surface area contributed by atoms with Crippen molar-refractivity contribution in [3.05, 3.63) is 82.4 Å². The molecule has 0 unspecified atom stereocenters. The van der Waals surface area contributed by atoms with Crippen LogP contribution in [0.4, 0.5) is 0 Å². The highest BCUT2D eigenvalue weighted by Crippen LogP contribution is 2.17. The van der Waals surface area contributed by atoms with Crippen molar-refractivity contribution in [1.82, 2.24) is 14.8 Å². The number of aromatic amines is 1. The summed E-state index contributed by atoms with van der Waals surface area (Å²) >= 11 is 0. The SMILES string of the molecule is Cc1ccc(Cn2nc(C)c(/C=C/C(=O)OCC(=O)c3ccc[nH]3)c2C)cc1. The Labute approximate surface area is 163 Å². The molecule has 0 bridgehead atoms. The first kappa shape index (κ1) is 19.4. The van der Waals surface area contributed by atoms with E-state index in [9.17, 15) is 9.59 Å². The van der Waals surface area contributed by atoms with Crippen molar-refractivity contribution in [3.8, 4) is 0 Å². The fourth-order valence-corrected chi connectivity index (χ4v) is 2.89. The van der Waals surface area contributed by atoms with Crippen LogP contribution in [0.15, 0.2) is 48.7 Å². The summed E-state index contributed by atoms with van der Waals surface area (Å²) in [6.45, 7) is 6.29. The van der Waals surface area contributed by atoms with Crippen molar-refractivity contribution < 1.29 is 14.3 Å². The summed E-state index contributed by atoms with van der Waals surface area (Å²) in [5.41, 5.74) is 5.46. The van der Waals surface area contributed by atoms with Gasteiger partial charge in [0.25, 0.3) is 0 Å². The summed E-state index contributed by atoms with van der Waals surface area (Å²) in [7, 11) is 0. The second kappa shape index (κ2) is 8.52. The van der Waals surface area contributed by atoms with Crippen molar-refractivity contribution >= 4 is 17.8 Å². The number of ketones is 1. The third kappa shape index (κ3) is 4.65. The van der Waals surface area contributed by atoms with Crippen molar-refractivity contribution in [3.63, 3.8) is 0 Å². The van der Waals surface area contributed by atoms with E-state index in [2.05, 4.69) is 41.3 Å². The second-order valence-electron chi connectivity index (χ2n) is 6.68. The van der Waals surface area contributed by atoms with Crippen molar-refractivity contribution in [2.45, 2.75) is 27.3 Å². The highest BCUT2D eigenvalue weighted by atomic mass is 16.5. The molecule has 1 N–H and O–H groups in total. The maximum absolute atomic E-state index is 11.9. The molecule has 2 heterocycles. The maximum atomic E-state index is 11.9. The van der Waals surface area contributed by atoms with Crippen LogP contribution in [-0.4, -0.2) is 33.1 Å². The molecule has 0 aliphatic rings. The lowest BCUT2D eigenvalue weighted by molar-refractivity contribution is -0.136. The molecule has 1 aromatic carbocycles. The first-order chi connectivity index (χ1) is 13.4. The van der Waals surface area contributed by atoms with E-state index in [0.29, 0.717) is 12.2 Å². The van der Waals surface area contributed by atoms with Gasteiger partial charge >= 0.3 is 5.97 Å². The Balaban J connectivity index is 1.63. The Bertz CT molecular complexity index is 997. The summed E-state index contributed by atoms with van der Waals surface area (Å²) in [6.07, 6.45) is 4.66. The van der Waals surface area contributed by atoms with Crippen molar-refractivity contribution in [2.24, 2.45) is 0 Å². The zero-order chi connectivity index (χ0) is 20.1. The molecule has 2 aromatic heterocycles. The number of carbonyl (C=O) groups is 2. The first-order valence-electron chi connectivity index (χ1n) is 9.05. The molecule has 3 aromatic rings. The summed E-state index contributed by atoms with van der Waals surface area (Å²) < 4.78 is 6.94. The number of Topliss-reactive ketones (excluding diaryl/α,β-unsaturated/α-hetero) is 1. The number of hydrogen-bond donors (Lipinski definition) is 1. The molecule has 0 aliphatic carbocycles.